The summed E-state index contributed by atoms with van der Waals surface area (Å²) < 4.78 is 5.07. The third kappa shape index (κ3) is 3.17. The predicted octanol–water partition coefficient (Wildman–Crippen LogP) is 3.90. The van der Waals surface area contributed by atoms with Crippen molar-refractivity contribution in [2.45, 2.75) is 70.8 Å². The molecule has 1 aromatic rings. The molecule has 4 fully saturated rings. The standard InChI is InChI=1S/C23H31NO3/c1-4-27-20(25)16(3)24-21(26)23-12-17-9-18(13-23)11-22(10-17,14-23)19-7-5-15(2)6-8-19/h5-8,16-18H,4,9-14H2,1-3H3,(H,24,26). The Morgan fingerprint density at radius 2 is 1.78 bits per heavy atom. The molecule has 0 aromatic heterocycles. The Morgan fingerprint density at radius 3 is 2.37 bits per heavy atom. The highest BCUT2D eigenvalue weighted by molar-refractivity contribution is 5.88. The molecule has 4 heteroatoms. The molecule has 1 N–H and O–H groups in total. The van der Waals surface area contributed by atoms with E-state index >= 15 is 0 Å². The van der Waals surface area contributed by atoms with E-state index in [0.717, 1.165) is 19.3 Å². The van der Waals surface area contributed by atoms with Crippen LogP contribution in [0.2, 0.25) is 0 Å². The summed E-state index contributed by atoms with van der Waals surface area (Å²) in [5.74, 6) is 0.963. The number of rotatable bonds is 5. The van der Waals surface area contributed by atoms with E-state index in [-0.39, 0.29) is 22.7 Å². The molecule has 0 spiro atoms. The zero-order valence-electron chi connectivity index (χ0n) is 16.7. The van der Waals surface area contributed by atoms with Gasteiger partial charge in [0.25, 0.3) is 0 Å². The molecule has 3 atom stereocenters. The first kappa shape index (κ1) is 18.5. The number of amides is 1. The van der Waals surface area contributed by atoms with E-state index in [2.05, 4.69) is 36.5 Å². The van der Waals surface area contributed by atoms with E-state index in [9.17, 15) is 9.59 Å². The number of nitrogens with one attached hydrogen (secondary N) is 1. The Balaban J connectivity index is 1.59. The van der Waals surface area contributed by atoms with Gasteiger partial charge >= 0.3 is 5.97 Å². The molecule has 0 heterocycles. The summed E-state index contributed by atoms with van der Waals surface area (Å²) in [5.41, 5.74) is 2.48. The van der Waals surface area contributed by atoms with Gasteiger partial charge in [0.2, 0.25) is 5.91 Å². The van der Waals surface area contributed by atoms with Crippen LogP contribution in [0.5, 0.6) is 0 Å². The van der Waals surface area contributed by atoms with Gasteiger partial charge in [-0.3, -0.25) is 4.79 Å². The van der Waals surface area contributed by atoms with E-state index in [1.54, 1.807) is 13.8 Å². The Bertz CT molecular complexity index is 724. The Morgan fingerprint density at radius 1 is 1.15 bits per heavy atom. The first-order valence-corrected chi connectivity index (χ1v) is 10.4. The van der Waals surface area contributed by atoms with Crippen molar-refractivity contribution in [1.29, 1.82) is 0 Å². The summed E-state index contributed by atoms with van der Waals surface area (Å²) >= 11 is 0. The van der Waals surface area contributed by atoms with Gasteiger partial charge in [-0.15, -0.1) is 0 Å². The summed E-state index contributed by atoms with van der Waals surface area (Å²) in [6, 6.07) is 8.36. The van der Waals surface area contributed by atoms with Crippen molar-refractivity contribution >= 4 is 11.9 Å². The minimum Gasteiger partial charge on any atom is -0.464 e. The fourth-order valence-electron chi connectivity index (χ4n) is 6.45. The van der Waals surface area contributed by atoms with Crippen molar-refractivity contribution < 1.29 is 14.3 Å². The summed E-state index contributed by atoms with van der Waals surface area (Å²) in [6.45, 7) is 5.98. The van der Waals surface area contributed by atoms with Crippen LogP contribution in [0.25, 0.3) is 0 Å². The topological polar surface area (TPSA) is 55.4 Å². The third-order valence-electron chi connectivity index (χ3n) is 7.19. The average Bonchev–Trinajstić information content (AvgIpc) is 2.61. The van der Waals surface area contributed by atoms with Crippen molar-refractivity contribution in [2.24, 2.45) is 17.3 Å². The van der Waals surface area contributed by atoms with Crippen LogP contribution in [0.1, 0.15) is 63.5 Å². The van der Waals surface area contributed by atoms with Crippen LogP contribution in [-0.4, -0.2) is 24.5 Å². The maximum Gasteiger partial charge on any atom is 0.328 e. The monoisotopic (exact) mass is 369 g/mol. The highest BCUT2D eigenvalue weighted by Gasteiger charge is 2.61. The molecule has 0 saturated heterocycles. The van der Waals surface area contributed by atoms with Crippen LogP contribution in [0, 0.1) is 24.2 Å². The molecule has 4 saturated carbocycles. The number of benzene rings is 1. The molecule has 5 rings (SSSR count). The van der Waals surface area contributed by atoms with E-state index in [0.29, 0.717) is 18.4 Å². The van der Waals surface area contributed by atoms with Gasteiger partial charge in [-0.2, -0.15) is 0 Å². The average molecular weight is 370 g/mol. The van der Waals surface area contributed by atoms with Gasteiger partial charge < -0.3 is 10.1 Å². The highest BCUT2D eigenvalue weighted by Crippen LogP contribution is 2.65. The van der Waals surface area contributed by atoms with Crippen LogP contribution >= 0.6 is 0 Å². The second kappa shape index (κ2) is 6.65. The van der Waals surface area contributed by atoms with Crippen molar-refractivity contribution in [2.75, 3.05) is 6.61 Å². The number of carbonyl (C=O) groups is 2. The molecule has 27 heavy (non-hydrogen) atoms. The quantitative estimate of drug-likeness (QED) is 0.801. The van der Waals surface area contributed by atoms with Gasteiger partial charge in [0.1, 0.15) is 6.04 Å². The summed E-state index contributed by atoms with van der Waals surface area (Å²) in [5, 5.41) is 2.99. The molecule has 1 amide bonds. The van der Waals surface area contributed by atoms with Gasteiger partial charge in [-0.1, -0.05) is 29.8 Å². The molecule has 4 aliphatic rings. The fraction of sp³-hybridized carbons (Fsp3) is 0.652. The molecule has 4 bridgehead atoms. The Hall–Kier alpha value is -1.84. The highest BCUT2D eigenvalue weighted by atomic mass is 16.5. The zero-order chi connectivity index (χ0) is 19.2. The van der Waals surface area contributed by atoms with E-state index in [1.165, 1.54) is 30.4 Å². The number of esters is 1. The SMILES string of the molecule is CCOC(=O)C(C)NC(=O)C12CC3CC(C1)CC(c1ccc(C)cc1)(C3)C2. The molecule has 146 valence electrons. The summed E-state index contributed by atoms with van der Waals surface area (Å²) in [7, 11) is 0. The largest absolute Gasteiger partial charge is 0.464 e. The van der Waals surface area contributed by atoms with E-state index in [4.69, 9.17) is 4.74 Å². The third-order valence-corrected chi connectivity index (χ3v) is 7.19. The first-order valence-electron chi connectivity index (χ1n) is 10.4. The van der Waals surface area contributed by atoms with Crippen LogP contribution in [0.15, 0.2) is 24.3 Å². The lowest BCUT2D eigenvalue weighted by molar-refractivity contribution is -0.155. The Kier molecular flexibility index (Phi) is 4.56. The molecular formula is C23H31NO3. The number of hydrogen-bond donors (Lipinski definition) is 1. The van der Waals surface area contributed by atoms with Gasteiger partial charge in [0.15, 0.2) is 0 Å². The Labute approximate surface area is 162 Å². The van der Waals surface area contributed by atoms with Crippen LogP contribution in [0.3, 0.4) is 0 Å². The molecule has 1 aromatic carbocycles. The van der Waals surface area contributed by atoms with Crippen molar-refractivity contribution in [1.82, 2.24) is 5.32 Å². The number of aryl methyl sites for hydroxylation is 1. The molecule has 3 unspecified atom stereocenters. The lowest BCUT2D eigenvalue weighted by Crippen LogP contribution is -2.60. The first-order chi connectivity index (χ1) is 12.9. The minimum absolute atomic E-state index is 0.0636. The summed E-state index contributed by atoms with van der Waals surface area (Å²) in [4.78, 5) is 25.3. The minimum atomic E-state index is -0.583. The zero-order valence-corrected chi connectivity index (χ0v) is 16.7. The van der Waals surface area contributed by atoms with Gasteiger partial charge in [0.05, 0.1) is 12.0 Å². The van der Waals surface area contributed by atoms with Crippen LogP contribution in [-0.2, 0) is 19.7 Å². The number of carbonyl (C=O) groups excluding carboxylic acids is 2. The van der Waals surface area contributed by atoms with E-state index < -0.39 is 6.04 Å². The molecular weight excluding hydrogens is 338 g/mol. The van der Waals surface area contributed by atoms with Crippen molar-refractivity contribution in [3.05, 3.63) is 35.4 Å². The maximum absolute atomic E-state index is 13.3. The summed E-state index contributed by atoms with van der Waals surface area (Å²) in [6.07, 6.45) is 6.52. The molecule has 0 radical (unpaired) electrons. The maximum atomic E-state index is 13.3. The second-order valence-electron chi connectivity index (χ2n) is 9.33. The van der Waals surface area contributed by atoms with Gasteiger partial charge in [-0.05, 0) is 82.1 Å². The van der Waals surface area contributed by atoms with Crippen molar-refractivity contribution in [3.8, 4) is 0 Å². The van der Waals surface area contributed by atoms with Crippen LogP contribution < -0.4 is 5.32 Å². The lowest BCUT2D eigenvalue weighted by atomic mass is 9.42. The molecule has 0 aliphatic heterocycles. The van der Waals surface area contributed by atoms with Gasteiger partial charge in [-0.25, -0.2) is 4.79 Å². The van der Waals surface area contributed by atoms with E-state index in [1.807, 2.05) is 0 Å². The van der Waals surface area contributed by atoms with Crippen LogP contribution in [0.4, 0.5) is 0 Å². The van der Waals surface area contributed by atoms with Gasteiger partial charge in [0, 0.05) is 0 Å². The smallest absolute Gasteiger partial charge is 0.328 e. The molecule has 4 nitrogen and oxygen atoms in total. The fourth-order valence-corrected chi connectivity index (χ4v) is 6.45. The molecule has 4 aliphatic carbocycles. The second-order valence-corrected chi connectivity index (χ2v) is 9.33. The lowest BCUT2D eigenvalue weighted by Gasteiger charge is -2.61. The van der Waals surface area contributed by atoms with Crippen molar-refractivity contribution in [3.63, 3.8) is 0 Å². The number of ether oxygens (including phenoxy) is 1. The normalized spacial score (nSPS) is 34.9. The number of hydrogen-bond acceptors (Lipinski definition) is 3. The predicted molar refractivity (Wildman–Crippen MR) is 104 cm³/mol.